The number of phosphoric acid groups is 2. The summed E-state index contributed by atoms with van der Waals surface area (Å²) in [5, 5.41) is 10.7. The summed E-state index contributed by atoms with van der Waals surface area (Å²) in [5.41, 5.74) is 0. The fourth-order valence-corrected chi connectivity index (χ4v) is 12.7. The predicted molar refractivity (Wildman–Crippen MR) is 454 cm³/mol. The summed E-state index contributed by atoms with van der Waals surface area (Å²) in [6.07, 6.45) is 96.2. The summed E-state index contributed by atoms with van der Waals surface area (Å²) in [5.74, 6) is -2.23. The Hall–Kier alpha value is -5.32. The minimum atomic E-state index is -5.00. The van der Waals surface area contributed by atoms with E-state index < -0.39 is 97.5 Å². The van der Waals surface area contributed by atoms with Crippen LogP contribution in [0.4, 0.5) is 0 Å². The van der Waals surface area contributed by atoms with Gasteiger partial charge in [0, 0.05) is 25.7 Å². The van der Waals surface area contributed by atoms with Gasteiger partial charge >= 0.3 is 39.5 Å². The fourth-order valence-electron chi connectivity index (χ4n) is 11.1. The van der Waals surface area contributed by atoms with Gasteiger partial charge in [0.2, 0.25) is 0 Å². The van der Waals surface area contributed by atoms with Gasteiger partial charge in [-0.1, -0.05) is 301 Å². The summed E-state index contributed by atoms with van der Waals surface area (Å²) in [6.45, 7) is 4.48. The average Bonchev–Trinajstić information content (AvgIpc) is 0.899. The molecule has 0 aromatic carbocycles. The van der Waals surface area contributed by atoms with Gasteiger partial charge in [-0.15, -0.1) is 0 Å². The molecule has 0 saturated carbocycles. The smallest absolute Gasteiger partial charge is 0.462 e. The third-order valence-corrected chi connectivity index (χ3v) is 19.4. The van der Waals surface area contributed by atoms with Gasteiger partial charge in [-0.2, -0.15) is 0 Å². The van der Waals surface area contributed by atoms with Gasteiger partial charge < -0.3 is 33.8 Å². The van der Waals surface area contributed by atoms with Crippen LogP contribution in [-0.2, 0) is 65.4 Å². The fraction of sp³-hybridized carbons (Fsp3) is 0.670. The first kappa shape index (κ1) is 105. The molecule has 3 N–H and O–H groups in total. The van der Waals surface area contributed by atoms with Crippen molar-refractivity contribution in [2.45, 2.75) is 354 Å². The molecular formula is C91H152O17P2. The third kappa shape index (κ3) is 80.7. The number of hydrogen-bond acceptors (Lipinski definition) is 15. The quantitative estimate of drug-likeness (QED) is 0.0169. The van der Waals surface area contributed by atoms with E-state index in [1.165, 1.54) is 19.3 Å². The van der Waals surface area contributed by atoms with Gasteiger partial charge in [0.15, 0.2) is 12.2 Å². The first-order valence-corrected chi connectivity index (χ1v) is 45.7. The molecule has 0 radical (unpaired) electrons. The van der Waals surface area contributed by atoms with Crippen LogP contribution in [0.1, 0.15) is 336 Å². The molecule has 5 atom stereocenters. The molecule has 0 rings (SSSR count). The van der Waals surface area contributed by atoms with Crippen LogP contribution in [0.3, 0.4) is 0 Å². The molecule has 5 unspecified atom stereocenters. The van der Waals surface area contributed by atoms with E-state index in [0.717, 1.165) is 238 Å². The van der Waals surface area contributed by atoms with Gasteiger partial charge in [-0.3, -0.25) is 37.3 Å². The lowest BCUT2D eigenvalue weighted by molar-refractivity contribution is -0.161. The second kappa shape index (κ2) is 81.7. The molecule has 0 bridgehead atoms. The lowest BCUT2D eigenvalue weighted by Gasteiger charge is -2.21. The van der Waals surface area contributed by atoms with E-state index >= 15 is 0 Å². The number of carbonyl (C=O) groups excluding carboxylic acids is 4. The third-order valence-electron chi connectivity index (χ3n) is 17.5. The van der Waals surface area contributed by atoms with Crippen molar-refractivity contribution in [2.24, 2.45) is 0 Å². The number of aliphatic hydroxyl groups excluding tert-OH is 1. The van der Waals surface area contributed by atoms with E-state index in [9.17, 15) is 43.2 Å². The number of carbonyl (C=O) groups is 4. The summed E-state index contributed by atoms with van der Waals surface area (Å²) in [7, 11) is -9.99. The number of unbranched alkanes of at least 4 members (excludes halogenated alkanes) is 27. The van der Waals surface area contributed by atoms with Crippen LogP contribution < -0.4 is 0 Å². The standard InChI is InChI=1S/C91H152O17P2/c1-5-9-13-17-21-25-29-33-37-40-42-45-48-51-55-59-63-67-71-75-88(93)101-81-86(107-90(95)77-73-69-65-61-57-53-47-36-32-28-24-20-16-12-8-4)83-105-109(97,98)103-79-85(92)80-104-110(99,100)106-84-87(108-91(96)78-74-70-66-62-58-54-50-44-39-35-31-27-23-19-15-11-7-3)82-102-89(94)76-72-68-64-60-56-52-49-46-43-41-38-34-30-26-22-18-14-10-6-2/h9,11-13,15-16,21-28,33-39,42-43,45-47,85-87,92H,5-8,10,14,17-20,29-32,40-41,44,48-84H2,1-4H3,(H,97,98)(H,99,100)/b13-9-,15-11-,16-12-,25-21-,26-22-,27-23-,28-24-,37-33-,38-34-,39-35-,45-42-,46-43-,47-36-. The largest absolute Gasteiger partial charge is 0.472 e. The van der Waals surface area contributed by atoms with Gasteiger partial charge in [0.25, 0.3) is 0 Å². The zero-order chi connectivity index (χ0) is 80.3. The van der Waals surface area contributed by atoms with Crippen molar-refractivity contribution in [1.29, 1.82) is 0 Å². The van der Waals surface area contributed by atoms with Crippen LogP contribution in [0, 0.1) is 0 Å². The molecule has 0 fully saturated rings. The Morgan fingerprint density at radius 2 is 0.473 bits per heavy atom. The highest BCUT2D eigenvalue weighted by Crippen LogP contribution is 2.45. The topological polar surface area (TPSA) is 237 Å². The van der Waals surface area contributed by atoms with E-state index in [4.69, 9.17) is 37.0 Å². The normalized spacial score (nSPS) is 14.6. The van der Waals surface area contributed by atoms with Crippen LogP contribution >= 0.6 is 15.6 Å². The van der Waals surface area contributed by atoms with E-state index in [1.54, 1.807) is 0 Å². The van der Waals surface area contributed by atoms with Crippen molar-refractivity contribution in [3.05, 3.63) is 158 Å². The summed E-state index contributed by atoms with van der Waals surface area (Å²) < 4.78 is 68.8. The number of phosphoric ester groups is 2. The lowest BCUT2D eigenvalue weighted by Crippen LogP contribution is -2.30. The number of ether oxygens (including phenoxy) is 4. The summed E-state index contributed by atoms with van der Waals surface area (Å²) >= 11 is 0. The minimum Gasteiger partial charge on any atom is -0.462 e. The van der Waals surface area contributed by atoms with Crippen molar-refractivity contribution < 1.29 is 80.2 Å². The van der Waals surface area contributed by atoms with Crippen molar-refractivity contribution in [3.8, 4) is 0 Å². The maximum absolute atomic E-state index is 13.1. The minimum absolute atomic E-state index is 0.0673. The maximum atomic E-state index is 13.1. The van der Waals surface area contributed by atoms with Crippen LogP contribution in [0.15, 0.2) is 158 Å². The highest BCUT2D eigenvalue weighted by Gasteiger charge is 2.30. The molecule has 0 saturated heterocycles. The van der Waals surface area contributed by atoms with Crippen molar-refractivity contribution in [3.63, 3.8) is 0 Å². The Balaban J connectivity index is 5.42. The predicted octanol–water partition coefficient (Wildman–Crippen LogP) is 25.6. The molecule has 0 aromatic rings. The Labute approximate surface area is 668 Å². The van der Waals surface area contributed by atoms with Crippen LogP contribution in [-0.4, -0.2) is 96.7 Å². The van der Waals surface area contributed by atoms with Crippen molar-refractivity contribution in [1.82, 2.24) is 0 Å². The second-order valence-electron chi connectivity index (χ2n) is 28.0. The summed E-state index contributed by atoms with van der Waals surface area (Å²) in [6, 6.07) is 0. The molecule has 110 heavy (non-hydrogen) atoms. The molecule has 0 aliphatic heterocycles. The van der Waals surface area contributed by atoms with E-state index in [1.807, 2.05) is 0 Å². The molecule has 0 aliphatic carbocycles. The number of rotatable bonds is 79. The molecule has 0 aliphatic rings. The van der Waals surface area contributed by atoms with E-state index in [-0.39, 0.29) is 25.7 Å². The number of allylic oxidation sites excluding steroid dienone is 26. The van der Waals surface area contributed by atoms with Gasteiger partial charge in [0.05, 0.1) is 26.4 Å². The number of hydrogen-bond donors (Lipinski definition) is 3. The zero-order valence-corrected chi connectivity index (χ0v) is 70.7. The average molecular weight is 1580 g/mol. The van der Waals surface area contributed by atoms with E-state index in [2.05, 4.69) is 186 Å². The van der Waals surface area contributed by atoms with Crippen molar-refractivity contribution >= 4 is 39.5 Å². The van der Waals surface area contributed by atoms with Crippen molar-refractivity contribution in [2.75, 3.05) is 39.6 Å². The highest BCUT2D eigenvalue weighted by molar-refractivity contribution is 7.47. The zero-order valence-electron chi connectivity index (χ0n) is 68.9. The van der Waals surface area contributed by atoms with E-state index in [0.29, 0.717) is 25.7 Å². The Morgan fingerprint density at radius 1 is 0.264 bits per heavy atom. The van der Waals surface area contributed by atoms with Gasteiger partial charge in [0.1, 0.15) is 19.3 Å². The maximum Gasteiger partial charge on any atom is 0.472 e. The van der Waals surface area contributed by atoms with Crippen LogP contribution in [0.2, 0.25) is 0 Å². The number of esters is 4. The molecule has 0 heterocycles. The van der Waals surface area contributed by atoms with Crippen LogP contribution in [0.5, 0.6) is 0 Å². The SMILES string of the molecule is CC/C=C\C/C=C\C/C=C\C/C=C\CCCCCCCCC(=O)OCC(COP(=O)(O)OCC(O)COP(=O)(O)OCC(COC(=O)CCCCCCCC/C=C\C/C=C\C/C=C\CCCCC)OC(=O)CCCCCCCCC/C=C\C/C=C\C/C=C\CC)OC(=O)CCCCCCC/C=C\C/C=C\C/C=C\CC. The summed E-state index contributed by atoms with van der Waals surface area (Å²) in [4.78, 5) is 73.3. The molecular weight excluding hydrogens is 1430 g/mol. The molecule has 628 valence electrons. The van der Waals surface area contributed by atoms with Crippen LogP contribution in [0.25, 0.3) is 0 Å². The first-order chi connectivity index (χ1) is 53.7. The monoisotopic (exact) mass is 1580 g/mol. The molecule has 0 aromatic heterocycles. The molecule has 19 heteroatoms. The molecule has 0 spiro atoms. The Bertz CT molecular complexity index is 2700. The highest BCUT2D eigenvalue weighted by atomic mass is 31.2. The Kier molecular flexibility index (Phi) is 77.7. The first-order valence-electron chi connectivity index (χ1n) is 42.7. The lowest BCUT2D eigenvalue weighted by atomic mass is 10.1. The molecule has 0 amide bonds. The Morgan fingerprint density at radius 3 is 0.727 bits per heavy atom. The van der Waals surface area contributed by atoms with Gasteiger partial charge in [-0.05, 0) is 167 Å². The number of aliphatic hydroxyl groups is 1. The van der Waals surface area contributed by atoms with Gasteiger partial charge in [-0.25, -0.2) is 9.13 Å². The second-order valence-corrected chi connectivity index (χ2v) is 30.9. The molecule has 17 nitrogen and oxygen atoms in total.